The SMILES string of the molecule is CCCCc1c(C(O)(c2ccccc2)c2nnn(Cc3ccccc3)c2CCCC)nnn1Cc1ccccc1. The maximum Gasteiger partial charge on any atom is 0.181 e. The van der Waals surface area contributed by atoms with Crippen LogP contribution in [0.2, 0.25) is 0 Å². The summed E-state index contributed by atoms with van der Waals surface area (Å²) >= 11 is 0. The van der Waals surface area contributed by atoms with Crippen LogP contribution in [0.5, 0.6) is 0 Å². The van der Waals surface area contributed by atoms with Gasteiger partial charge in [-0.05, 0) is 42.4 Å². The van der Waals surface area contributed by atoms with Gasteiger partial charge in [-0.2, -0.15) is 0 Å². The fourth-order valence-electron chi connectivity index (χ4n) is 5.24. The Hall–Kier alpha value is -4.10. The van der Waals surface area contributed by atoms with E-state index in [1.807, 2.05) is 76.1 Å². The average molecular weight is 535 g/mol. The van der Waals surface area contributed by atoms with Crippen LogP contribution in [-0.4, -0.2) is 35.1 Å². The molecule has 2 aromatic heterocycles. The molecule has 0 saturated heterocycles. The van der Waals surface area contributed by atoms with Gasteiger partial charge >= 0.3 is 0 Å². The highest BCUT2D eigenvalue weighted by molar-refractivity contribution is 5.45. The normalized spacial score (nSPS) is 11.7. The van der Waals surface area contributed by atoms with Gasteiger partial charge in [-0.15, -0.1) is 10.2 Å². The maximum absolute atomic E-state index is 12.9. The van der Waals surface area contributed by atoms with Gasteiger partial charge in [-0.3, -0.25) is 0 Å². The van der Waals surface area contributed by atoms with E-state index in [0.29, 0.717) is 30.0 Å². The number of nitrogens with zero attached hydrogens (tertiary/aromatic N) is 6. The van der Waals surface area contributed by atoms with Gasteiger partial charge in [-0.25, -0.2) is 9.36 Å². The summed E-state index contributed by atoms with van der Waals surface area (Å²) in [5.41, 5.74) is 4.31. The van der Waals surface area contributed by atoms with E-state index in [9.17, 15) is 5.11 Å². The highest BCUT2D eigenvalue weighted by Gasteiger charge is 2.44. The molecular weight excluding hydrogens is 496 g/mol. The highest BCUT2D eigenvalue weighted by atomic mass is 16.3. The van der Waals surface area contributed by atoms with Crippen LogP contribution in [0.1, 0.15) is 79.0 Å². The lowest BCUT2D eigenvalue weighted by molar-refractivity contribution is 0.113. The molecule has 206 valence electrons. The standard InChI is InChI=1S/C33H38N6O/c1-3-5-22-29-31(34-36-38(29)24-26-16-10-7-11-17-26)33(40,28-20-14-9-15-21-28)32-30(23-6-4-2)39(37-35-32)25-27-18-12-8-13-19-27/h7-21,40H,3-6,22-25H2,1-2H3. The van der Waals surface area contributed by atoms with Crippen LogP contribution in [0.15, 0.2) is 91.0 Å². The van der Waals surface area contributed by atoms with Gasteiger partial charge in [0, 0.05) is 0 Å². The Morgan fingerprint density at radius 2 is 1.00 bits per heavy atom. The fraction of sp³-hybridized carbons (Fsp3) is 0.333. The third-order valence-electron chi connectivity index (χ3n) is 7.44. The lowest BCUT2D eigenvalue weighted by atomic mass is 9.83. The van der Waals surface area contributed by atoms with E-state index in [0.717, 1.165) is 61.0 Å². The minimum Gasteiger partial charge on any atom is -0.373 e. The largest absolute Gasteiger partial charge is 0.373 e. The summed E-state index contributed by atoms with van der Waals surface area (Å²) in [6.07, 6.45) is 5.48. The molecule has 2 heterocycles. The number of benzene rings is 3. The lowest BCUT2D eigenvalue weighted by Crippen LogP contribution is -2.33. The predicted octanol–water partition coefficient (Wildman–Crippen LogP) is 5.94. The fourth-order valence-corrected chi connectivity index (χ4v) is 5.24. The number of hydrogen-bond acceptors (Lipinski definition) is 5. The molecule has 5 aromatic rings. The van der Waals surface area contributed by atoms with Crippen LogP contribution in [0.3, 0.4) is 0 Å². The van der Waals surface area contributed by atoms with Crippen molar-refractivity contribution in [2.24, 2.45) is 0 Å². The van der Waals surface area contributed by atoms with Gasteiger partial charge in [-0.1, -0.05) is 128 Å². The molecular formula is C33H38N6O. The van der Waals surface area contributed by atoms with Crippen molar-refractivity contribution in [3.8, 4) is 0 Å². The Kier molecular flexibility index (Phi) is 8.81. The van der Waals surface area contributed by atoms with Crippen molar-refractivity contribution in [2.75, 3.05) is 0 Å². The Bertz CT molecular complexity index is 1390. The Morgan fingerprint density at radius 1 is 0.600 bits per heavy atom. The van der Waals surface area contributed by atoms with Gasteiger partial charge < -0.3 is 5.11 Å². The van der Waals surface area contributed by atoms with E-state index in [4.69, 9.17) is 10.2 Å². The molecule has 40 heavy (non-hydrogen) atoms. The van der Waals surface area contributed by atoms with Crippen LogP contribution in [-0.2, 0) is 31.5 Å². The van der Waals surface area contributed by atoms with E-state index in [1.54, 1.807) is 0 Å². The number of unbranched alkanes of at least 4 members (excludes halogenated alkanes) is 2. The average Bonchev–Trinajstić information content (AvgIpc) is 3.60. The molecule has 0 fully saturated rings. The van der Waals surface area contributed by atoms with Crippen LogP contribution in [0.25, 0.3) is 0 Å². The van der Waals surface area contributed by atoms with Gasteiger partial charge in [0.15, 0.2) is 5.60 Å². The summed E-state index contributed by atoms with van der Waals surface area (Å²) < 4.78 is 3.88. The molecule has 7 nitrogen and oxygen atoms in total. The third kappa shape index (κ3) is 5.75. The summed E-state index contributed by atoms with van der Waals surface area (Å²) in [7, 11) is 0. The first kappa shape index (κ1) is 27.5. The zero-order chi connectivity index (χ0) is 27.8. The molecule has 0 unspecified atom stereocenters. The van der Waals surface area contributed by atoms with E-state index in [2.05, 4.69) is 48.5 Å². The molecule has 0 spiro atoms. The van der Waals surface area contributed by atoms with Crippen molar-refractivity contribution in [1.82, 2.24) is 30.0 Å². The van der Waals surface area contributed by atoms with Crippen LogP contribution in [0, 0.1) is 0 Å². The molecule has 5 rings (SSSR count). The Morgan fingerprint density at radius 3 is 1.40 bits per heavy atom. The molecule has 0 atom stereocenters. The van der Waals surface area contributed by atoms with Gasteiger partial charge in [0.25, 0.3) is 0 Å². The summed E-state index contributed by atoms with van der Waals surface area (Å²) in [5.74, 6) is 0. The van der Waals surface area contributed by atoms with Gasteiger partial charge in [0.05, 0.1) is 24.5 Å². The van der Waals surface area contributed by atoms with Crippen molar-refractivity contribution < 1.29 is 5.11 Å². The van der Waals surface area contributed by atoms with Crippen molar-refractivity contribution in [3.05, 3.63) is 130 Å². The second kappa shape index (κ2) is 12.8. The minimum atomic E-state index is -1.60. The summed E-state index contributed by atoms with van der Waals surface area (Å²) in [6.45, 7) is 5.52. The Labute approximate surface area is 236 Å². The minimum absolute atomic E-state index is 0.535. The van der Waals surface area contributed by atoms with Crippen LogP contribution >= 0.6 is 0 Å². The number of aromatic nitrogens is 6. The van der Waals surface area contributed by atoms with Crippen molar-refractivity contribution in [1.29, 1.82) is 0 Å². The summed E-state index contributed by atoms with van der Waals surface area (Å²) in [6, 6.07) is 30.2. The molecule has 3 aromatic carbocycles. The van der Waals surface area contributed by atoms with Gasteiger partial charge in [0.1, 0.15) is 11.4 Å². The second-order valence-corrected chi connectivity index (χ2v) is 10.3. The molecule has 0 aliphatic heterocycles. The Balaban J connectivity index is 1.67. The first-order valence-corrected chi connectivity index (χ1v) is 14.4. The zero-order valence-electron chi connectivity index (χ0n) is 23.4. The van der Waals surface area contributed by atoms with E-state index >= 15 is 0 Å². The molecule has 0 radical (unpaired) electrons. The maximum atomic E-state index is 12.9. The van der Waals surface area contributed by atoms with E-state index in [-0.39, 0.29) is 0 Å². The first-order chi connectivity index (χ1) is 19.6. The van der Waals surface area contributed by atoms with Gasteiger partial charge in [0.2, 0.25) is 0 Å². The topological polar surface area (TPSA) is 81.7 Å². The second-order valence-electron chi connectivity index (χ2n) is 10.3. The zero-order valence-corrected chi connectivity index (χ0v) is 23.4. The molecule has 1 N–H and O–H groups in total. The van der Waals surface area contributed by atoms with E-state index in [1.165, 1.54) is 0 Å². The van der Waals surface area contributed by atoms with Crippen LogP contribution < -0.4 is 0 Å². The third-order valence-corrected chi connectivity index (χ3v) is 7.44. The molecule has 0 amide bonds. The molecule has 7 heteroatoms. The van der Waals surface area contributed by atoms with Crippen molar-refractivity contribution in [2.45, 2.75) is 71.1 Å². The number of rotatable bonds is 13. The molecule has 0 saturated carbocycles. The highest BCUT2D eigenvalue weighted by Crippen LogP contribution is 2.39. The monoisotopic (exact) mass is 534 g/mol. The summed E-state index contributed by atoms with van der Waals surface area (Å²) in [4.78, 5) is 0. The van der Waals surface area contributed by atoms with E-state index < -0.39 is 5.60 Å². The smallest absolute Gasteiger partial charge is 0.181 e. The quantitative estimate of drug-likeness (QED) is 0.202. The number of aliphatic hydroxyl groups is 1. The van der Waals surface area contributed by atoms with Crippen LogP contribution in [0.4, 0.5) is 0 Å². The summed E-state index contributed by atoms with van der Waals surface area (Å²) in [5, 5.41) is 31.5. The first-order valence-electron chi connectivity index (χ1n) is 14.4. The lowest BCUT2D eigenvalue weighted by Gasteiger charge is -2.27. The van der Waals surface area contributed by atoms with Crippen molar-refractivity contribution in [3.63, 3.8) is 0 Å². The molecule has 0 bridgehead atoms. The molecule has 0 aliphatic carbocycles. The molecule has 0 aliphatic rings. The predicted molar refractivity (Wildman–Crippen MR) is 157 cm³/mol. The number of hydrogen-bond donors (Lipinski definition) is 1. The van der Waals surface area contributed by atoms with Crippen molar-refractivity contribution >= 4 is 0 Å².